The highest BCUT2D eigenvalue weighted by atomic mass is 35.5. The SMILES string of the molecule is C=CC(=O)N1CC2C1CCN2c1ncnc2c(F)c(-c3cccc4ccc(F)c(Cl)c34)ncc12. The van der Waals surface area contributed by atoms with E-state index in [0.29, 0.717) is 40.6 Å². The van der Waals surface area contributed by atoms with Gasteiger partial charge in [0.05, 0.1) is 22.5 Å². The van der Waals surface area contributed by atoms with Crippen molar-refractivity contribution in [2.24, 2.45) is 0 Å². The zero-order valence-corrected chi connectivity index (χ0v) is 18.6. The summed E-state index contributed by atoms with van der Waals surface area (Å²) in [7, 11) is 0. The van der Waals surface area contributed by atoms with Crippen LogP contribution in [0.2, 0.25) is 5.02 Å². The summed E-state index contributed by atoms with van der Waals surface area (Å²) in [6.07, 6.45) is 5.00. The van der Waals surface area contributed by atoms with Crippen molar-refractivity contribution in [1.82, 2.24) is 19.9 Å². The minimum Gasteiger partial charge on any atom is -0.349 e. The number of aromatic nitrogens is 3. The first-order valence-electron chi connectivity index (χ1n) is 10.9. The Kier molecular flexibility index (Phi) is 4.74. The molecule has 2 atom stereocenters. The summed E-state index contributed by atoms with van der Waals surface area (Å²) in [5, 5.41) is 1.48. The number of benzene rings is 2. The number of anilines is 1. The van der Waals surface area contributed by atoms with Crippen LogP contribution in [0.5, 0.6) is 0 Å². The monoisotopic (exact) mass is 477 g/mol. The second kappa shape index (κ2) is 7.70. The smallest absolute Gasteiger partial charge is 0.246 e. The summed E-state index contributed by atoms with van der Waals surface area (Å²) in [5.41, 5.74) is 0.558. The second-order valence-corrected chi connectivity index (χ2v) is 8.83. The molecular weight excluding hydrogens is 460 g/mol. The van der Waals surface area contributed by atoms with E-state index in [1.54, 1.807) is 35.4 Å². The standard InChI is InChI=1S/C25H18ClF2N5O/c1-2-19(34)33-11-18-17(33)8-9-32(18)25-15-10-29-23(22(28)24(15)30-12-31-25)14-5-3-4-13-6-7-16(27)21(26)20(13)14/h2-7,10,12,17-18H,1,8-9,11H2. The fourth-order valence-corrected chi connectivity index (χ4v) is 5.43. The summed E-state index contributed by atoms with van der Waals surface area (Å²) in [6.45, 7) is 4.81. The highest BCUT2D eigenvalue weighted by Gasteiger charge is 2.49. The van der Waals surface area contributed by atoms with E-state index in [-0.39, 0.29) is 34.2 Å². The van der Waals surface area contributed by atoms with Gasteiger partial charge in [-0.05, 0) is 23.9 Å². The molecule has 9 heteroatoms. The van der Waals surface area contributed by atoms with Crippen molar-refractivity contribution >= 4 is 45.0 Å². The lowest BCUT2D eigenvalue weighted by atomic mass is 9.97. The first-order valence-corrected chi connectivity index (χ1v) is 11.2. The lowest BCUT2D eigenvalue weighted by Gasteiger charge is -2.46. The van der Waals surface area contributed by atoms with E-state index in [4.69, 9.17) is 11.6 Å². The van der Waals surface area contributed by atoms with Crippen LogP contribution in [0.1, 0.15) is 6.42 Å². The molecule has 0 bridgehead atoms. The van der Waals surface area contributed by atoms with Crippen molar-refractivity contribution in [3.05, 3.63) is 72.2 Å². The summed E-state index contributed by atoms with van der Waals surface area (Å²) in [5.74, 6) is -0.705. The molecule has 0 radical (unpaired) electrons. The maximum absolute atomic E-state index is 15.8. The maximum Gasteiger partial charge on any atom is 0.246 e. The number of likely N-dealkylation sites (tertiary alicyclic amines) is 1. The molecule has 0 N–H and O–H groups in total. The van der Waals surface area contributed by atoms with Gasteiger partial charge in [-0.25, -0.2) is 18.7 Å². The number of halogens is 3. The minimum absolute atomic E-state index is 0.0425. The van der Waals surface area contributed by atoms with E-state index in [9.17, 15) is 9.18 Å². The van der Waals surface area contributed by atoms with Crippen LogP contribution in [0.15, 0.2) is 55.5 Å². The Morgan fingerprint density at radius 3 is 2.82 bits per heavy atom. The Bertz CT molecular complexity index is 1510. The molecular formula is C25H18ClF2N5O. The zero-order chi connectivity index (χ0) is 23.6. The van der Waals surface area contributed by atoms with Crippen molar-refractivity contribution in [1.29, 1.82) is 0 Å². The van der Waals surface area contributed by atoms with E-state index in [2.05, 4.69) is 26.4 Å². The third-order valence-corrected chi connectivity index (χ3v) is 7.19. The predicted octanol–water partition coefficient (Wildman–Crippen LogP) is 4.75. The number of pyridine rings is 1. The zero-order valence-electron chi connectivity index (χ0n) is 17.9. The first-order chi connectivity index (χ1) is 16.5. The van der Waals surface area contributed by atoms with Gasteiger partial charge in [0.1, 0.15) is 29.2 Å². The highest BCUT2D eigenvalue weighted by Crippen LogP contribution is 2.40. The molecule has 2 saturated heterocycles. The molecule has 0 saturated carbocycles. The number of carbonyl (C=O) groups is 1. The first kappa shape index (κ1) is 20.9. The van der Waals surface area contributed by atoms with Crippen LogP contribution in [-0.4, -0.2) is 50.9 Å². The van der Waals surface area contributed by atoms with Gasteiger partial charge in [0.15, 0.2) is 5.82 Å². The molecule has 2 fully saturated rings. The topological polar surface area (TPSA) is 62.2 Å². The molecule has 4 heterocycles. The Morgan fingerprint density at radius 2 is 2.00 bits per heavy atom. The third-order valence-electron chi connectivity index (χ3n) is 6.82. The molecule has 6 rings (SSSR count). The normalized spacial score (nSPS) is 19.4. The molecule has 0 spiro atoms. The van der Waals surface area contributed by atoms with Gasteiger partial charge in [0.2, 0.25) is 5.91 Å². The average Bonchev–Trinajstić information content (AvgIpc) is 3.16. The van der Waals surface area contributed by atoms with Crippen molar-refractivity contribution in [2.75, 3.05) is 18.0 Å². The lowest BCUT2D eigenvalue weighted by molar-refractivity contribution is -0.133. The van der Waals surface area contributed by atoms with Gasteiger partial charge in [-0.1, -0.05) is 42.4 Å². The summed E-state index contributed by atoms with van der Waals surface area (Å²) in [4.78, 5) is 28.9. The second-order valence-electron chi connectivity index (χ2n) is 8.46. The molecule has 34 heavy (non-hydrogen) atoms. The highest BCUT2D eigenvalue weighted by molar-refractivity contribution is 6.36. The fraction of sp³-hybridized carbons (Fsp3) is 0.200. The van der Waals surface area contributed by atoms with E-state index >= 15 is 4.39 Å². The molecule has 4 aromatic rings. The van der Waals surface area contributed by atoms with Crippen LogP contribution in [0.3, 0.4) is 0 Å². The average molecular weight is 478 g/mol. The van der Waals surface area contributed by atoms with E-state index < -0.39 is 11.6 Å². The summed E-state index contributed by atoms with van der Waals surface area (Å²) >= 11 is 6.25. The van der Waals surface area contributed by atoms with Crippen LogP contribution in [0.25, 0.3) is 32.9 Å². The fourth-order valence-electron chi connectivity index (χ4n) is 5.16. The van der Waals surface area contributed by atoms with Gasteiger partial charge < -0.3 is 9.80 Å². The van der Waals surface area contributed by atoms with Gasteiger partial charge in [0, 0.05) is 30.2 Å². The van der Waals surface area contributed by atoms with E-state index in [1.165, 1.54) is 18.5 Å². The number of nitrogens with zero attached hydrogens (tertiary/aromatic N) is 5. The van der Waals surface area contributed by atoms with Gasteiger partial charge in [-0.2, -0.15) is 0 Å². The number of rotatable bonds is 3. The van der Waals surface area contributed by atoms with Gasteiger partial charge in [-0.3, -0.25) is 9.78 Å². The van der Waals surface area contributed by atoms with Crippen LogP contribution < -0.4 is 4.90 Å². The third kappa shape index (κ3) is 2.91. The number of hydrogen-bond acceptors (Lipinski definition) is 5. The summed E-state index contributed by atoms with van der Waals surface area (Å²) in [6, 6.07) is 8.27. The minimum atomic E-state index is -0.623. The Morgan fingerprint density at radius 1 is 1.15 bits per heavy atom. The van der Waals surface area contributed by atoms with Crippen LogP contribution >= 0.6 is 11.6 Å². The van der Waals surface area contributed by atoms with Gasteiger partial charge >= 0.3 is 0 Å². The summed E-state index contributed by atoms with van der Waals surface area (Å²) < 4.78 is 30.0. The van der Waals surface area contributed by atoms with Crippen molar-refractivity contribution in [3.63, 3.8) is 0 Å². The van der Waals surface area contributed by atoms with Crippen LogP contribution in [0.4, 0.5) is 14.6 Å². The van der Waals surface area contributed by atoms with Gasteiger partial charge in [0.25, 0.3) is 0 Å². The lowest BCUT2D eigenvalue weighted by Crippen LogP contribution is -2.63. The van der Waals surface area contributed by atoms with E-state index in [1.807, 2.05) is 0 Å². The number of amides is 1. The molecule has 2 aromatic heterocycles. The molecule has 170 valence electrons. The number of fused-ring (bicyclic) bond motifs is 3. The van der Waals surface area contributed by atoms with E-state index in [0.717, 1.165) is 6.42 Å². The largest absolute Gasteiger partial charge is 0.349 e. The van der Waals surface area contributed by atoms with Crippen LogP contribution in [-0.2, 0) is 4.79 Å². The number of hydrogen-bond donors (Lipinski definition) is 0. The van der Waals surface area contributed by atoms with Crippen molar-refractivity contribution in [3.8, 4) is 11.3 Å². The molecule has 2 aromatic carbocycles. The molecule has 2 aliphatic heterocycles. The molecule has 2 unspecified atom stereocenters. The molecule has 6 nitrogen and oxygen atoms in total. The van der Waals surface area contributed by atoms with Crippen molar-refractivity contribution in [2.45, 2.75) is 18.5 Å². The Labute approximate surface area is 198 Å². The van der Waals surface area contributed by atoms with Gasteiger partial charge in [-0.15, -0.1) is 0 Å². The molecule has 0 aliphatic carbocycles. The molecule has 1 amide bonds. The van der Waals surface area contributed by atoms with Crippen molar-refractivity contribution < 1.29 is 13.6 Å². The Balaban J connectivity index is 1.45. The van der Waals surface area contributed by atoms with Crippen LogP contribution in [0, 0.1) is 11.6 Å². The predicted molar refractivity (Wildman–Crippen MR) is 127 cm³/mol. The number of carbonyl (C=O) groups excluding carboxylic acids is 1. The quantitative estimate of drug-likeness (QED) is 0.398. The molecule has 2 aliphatic rings. The maximum atomic E-state index is 15.8. The Hall–Kier alpha value is -3.65.